The average molecular weight is 747 g/mol. The lowest BCUT2D eigenvalue weighted by atomic mass is 9.80. The number of rotatable bonds is 11. The van der Waals surface area contributed by atoms with E-state index in [1.54, 1.807) is 25.4 Å². The summed E-state index contributed by atoms with van der Waals surface area (Å²) in [5, 5.41) is 13.5. The van der Waals surface area contributed by atoms with Crippen molar-refractivity contribution in [1.82, 2.24) is 30.8 Å². The van der Waals surface area contributed by atoms with Crippen molar-refractivity contribution in [2.75, 3.05) is 32.1 Å². The SMILES string of the molecule is COc1nc(-c2cccc(-c3cccc(Nc4nccc(CN5CCC6(CCCC(=O)N6)CC5)c4F)c3Cl)c2Cl)ccc1CNC[C@@H]1CCC(=O)N1. The molecule has 0 bridgehead atoms. The van der Waals surface area contributed by atoms with Crippen LogP contribution in [0.15, 0.2) is 60.8 Å². The minimum Gasteiger partial charge on any atom is -0.481 e. The zero-order chi connectivity index (χ0) is 36.2. The first kappa shape index (κ1) is 36.1. The monoisotopic (exact) mass is 745 g/mol. The van der Waals surface area contributed by atoms with Crippen molar-refractivity contribution >= 4 is 46.5 Å². The molecule has 3 aliphatic heterocycles. The van der Waals surface area contributed by atoms with E-state index in [2.05, 4.69) is 31.2 Å². The van der Waals surface area contributed by atoms with E-state index in [1.807, 2.05) is 42.5 Å². The average Bonchev–Trinajstić information content (AvgIpc) is 3.56. The molecule has 1 atom stereocenters. The Morgan fingerprint density at radius 3 is 2.46 bits per heavy atom. The molecule has 5 heterocycles. The second-order valence-corrected chi connectivity index (χ2v) is 14.6. The summed E-state index contributed by atoms with van der Waals surface area (Å²) in [6, 6.07) is 16.8. The van der Waals surface area contributed by atoms with Crippen LogP contribution in [0.5, 0.6) is 5.88 Å². The van der Waals surface area contributed by atoms with Crippen molar-refractivity contribution in [3.63, 3.8) is 0 Å². The summed E-state index contributed by atoms with van der Waals surface area (Å²) in [6.45, 7) is 3.20. The van der Waals surface area contributed by atoms with Crippen molar-refractivity contribution in [2.24, 2.45) is 0 Å². The van der Waals surface area contributed by atoms with Crippen molar-refractivity contribution in [2.45, 2.75) is 69.6 Å². The van der Waals surface area contributed by atoms with Crippen LogP contribution in [-0.2, 0) is 22.7 Å². The van der Waals surface area contributed by atoms with Gasteiger partial charge in [0.2, 0.25) is 17.7 Å². The number of amides is 2. The summed E-state index contributed by atoms with van der Waals surface area (Å²) in [4.78, 5) is 34.9. The number of nitrogens with one attached hydrogen (secondary N) is 4. The summed E-state index contributed by atoms with van der Waals surface area (Å²) < 4.78 is 21.5. The van der Waals surface area contributed by atoms with E-state index in [0.717, 1.165) is 50.8 Å². The van der Waals surface area contributed by atoms with Gasteiger partial charge < -0.3 is 26.0 Å². The maximum Gasteiger partial charge on any atom is 0.220 e. The van der Waals surface area contributed by atoms with Crippen molar-refractivity contribution in [3.8, 4) is 28.3 Å². The van der Waals surface area contributed by atoms with Crippen molar-refractivity contribution < 1.29 is 18.7 Å². The summed E-state index contributed by atoms with van der Waals surface area (Å²) in [5.41, 5.74) is 4.49. The van der Waals surface area contributed by atoms with E-state index in [0.29, 0.717) is 82.0 Å². The Kier molecular flexibility index (Phi) is 10.9. The van der Waals surface area contributed by atoms with Gasteiger partial charge in [0, 0.05) is 91.2 Å². The number of halogens is 3. The van der Waals surface area contributed by atoms with E-state index in [1.165, 1.54) is 0 Å². The Hall–Kier alpha value is -4.29. The van der Waals surface area contributed by atoms with Gasteiger partial charge in [-0.15, -0.1) is 0 Å². The number of piperidine rings is 2. The predicted octanol–water partition coefficient (Wildman–Crippen LogP) is 7.01. The fourth-order valence-electron chi connectivity index (χ4n) is 7.50. The van der Waals surface area contributed by atoms with Gasteiger partial charge in [0.15, 0.2) is 11.6 Å². The van der Waals surface area contributed by atoms with Gasteiger partial charge >= 0.3 is 0 Å². The molecule has 2 aromatic heterocycles. The lowest BCUT2D eigenvalue weighted by Gasteiger charge is -2.44. The van der Waals surface area contributed by atoms with E-state index >= 15 is 4.39 Å². The van der Waals surface area contributed by atoms with Gasteiger partial charge in [-0.05, 0) is 50.3 Å². The first-order chi connectivity index (χ1) is 25.2. The third-order valence-electron chi connectivity index (χ3n) is 10.4. The standard InChI is InChI=1S/C39H42Cl2FN7O3/c1-52-38-24(21-43-22-26-11-13-32(50)45-26)10-12-30(47-38)29-7-2-5-27(34(29)40)28-6-3-8-31(35(28)41)46-37-36(42)25(14-18-44-37)23-49-19-16-39(17-20-49)15-4-9-33(51)48-39/h2-3,5-8,10,12,14,18,26,43H,4,9,11,13,15-17,19-23H2,1H3,(H,44,46)(H,45,50)(H,48,51)/t26-/m0/s1. The van der Waals surface area contributed by atoms with Gasteiger partial charge in [-0.3, -0.25) is 14.5 Å². The number of pyridine rings is 2. The minimum absolute atomic E-state index is 0.0864. The Morgan fingerprint density at radius 2 is 1.71 bits per heavy atom. The predicted molar refractivity (Wildman–Crippen MR) is 201 cm³/mol. The van der Waals surface area contributed by atoms with Crippen molar-refractivity contribution in [3.05, 3.63) is 87.8 Å². The van der Waals surface area contributed by atoms with Crippen LogP contribution in [0, 0.1) is 5.82 Å². The number of carbonyl (C=O) groups is 2. The molecule has 10 nitrogen and oxygen atoms in total. The number of hydrogen-bond acceptors (Lipinski definition) is 8. The first-order valence-corrected chi connectivity index (χ1v) is 18.5. The molecule has 3 saturated heterocycles. The number of likely N-dealkylation sites (tertiary alicyclic amines) is 1. The van der Waals surface area contributed by atoms with E-state index in [9.17, 15) is 9.59 Å². The molecule has 4 N–H and O–H groups in total. The molecule has 0 aliphatic carbocycles. The van der Waals surface area contributed by atoms with Crippen LogP contribution in [0.1, 0.15) is 56.1 Å². The number of aromatic nitrogens is 2. The van der Waals surface area contributed by atoms with Gasteiger partial charge in [0.1, 0.15) is 0 Å². The Balaban J connectivity index is 1.05. The van der Waals surface area contributed by atoms with Crippen LogP contribution in [0.4, 0.5) is 15.9 Å². The van der Waals surface area contributed by atoms with E-state index in [-0.39, 0.29) is 29.2 Å². The second-order valence-electron chi connectivity index (χ2n) is 13.8. The molecule has 4 aromatic rings. The van der Waals surface area contributed by atoms with Crippen LogP contribution in [0.3, 0.4) is 0 Å². The van der Waals surface area contributed by atoms with Gasteiger partial charge in [0.05, 0.1) is 28.5 Å². The maximum absolute atomic E-state index is 15.9. The third kappa shape index (κ3) is 7.88. The van der Waals surface area contributed by atoms with E-state index < -0.39 is 5.82 Å². The van der Waals surface area contributed by atoms with Crippen LogP contribution in [0.2, 0.25) is 10.0 Å². The lowest BCUT2D eigenvalue weighted by molar-refractivity contribution is -0.126. The normalized spacial score (nSPS) is 18.7. The summed E-state index contributed by atoms with van der Waals surface area (Å²) >= 11 is 14.0. The molecule has 0 radical (unpaired) electrons. The van der Waals surface area contributed by atoms with Crippen LogP contribution in [-0.4, -0.2) is 65.0 Å². The van der Waals surface area contributed by atoms with Crippen LogP contribution < -0.4 is 26.0 Å². The topological polar surface area (TPSA) is 121 Å². The smallest absolute Gasteiger partial charge is 0.220 e. The molecule has 2 aromatic carbocycles. The highest BCUT2D eigenvalue weighted by Gasteiger charge is 2.38. The molecule has 2 amide bonds. The fraction of sp³-hybridized carbons (Fsp3) is 0.385. The molecule has 13 heteroatoms. The molecule has 3 aliphatic rings. The molecule has 0 unspecified atom stereocenters. The highest BCUT2D eigenvalue weighted by molar-refractivity contribution is 6.39. The Labute approximate surface area is 312 Å². The maximum atomic E-state index is 15.9. The number of carbonyl (C=O) groups excluding carboxylic acids is 2. The van der Waals surface area contributed by atoms with Gasteiger partial charge in [0.25, 0.3) is 0 Å². The molecule has 0 saturated carbocycles. The number of nitrogens with zero attached hydrogens (tertiary/aromatic N) is 3. The molecule has 7 rings (SSSR count). The minimum atomic E-state index is -0.431. The Morgan fingerprint density at radius 1 is 0.942 bits per heavy atom. The lowest BCUT2D eigenvalue weighted by Crippen LogP contribution is -2.57. The highest BCUT2D eigenvalue weighted by Crippen LogP contribution is 2.42. The zero-order valence-electron chi connectivity index (χ0n) is 29.0. The fourth-order valence-corrected chi connectivity index (χ4v) is 8.10. The Bertz CT molecular complexity index is 1970. The number of methoxy groups -OCH3 is 1. The number of anilines is 2. The first-order valence-electron chi connectivity index (χ1n) is 17.8. The summed E-state index contributed by atoms with van der Waals surface area (Å²) in [5.74, 6) is 0.354. The molecule has 1 spiro atoms. The molecule has 52 heavy (non-hydrogen) atoms. The summed E-state index contributed by atoms with van der Waals surface area (Å²) in [6.07, 6.45) is 7.22. The van der Waals surface area contributed by atoms with Crippen LogP contribution >= 0.6 is 23.2 Å². The zero-order valence-corrected chi connectivity index (χ0v) is 30.5. The van der Waals surface area contributed by atoms with Crippen molar-refractivity contribution in [1.29, 1.82) is 0 Å². The molecular weight excluding hydrogens is 704 g/mol. The number of ether oxygens (including phenoxy) is 1. The van der Waals surface area contributed by atoms with E-state index in [4.69, 9.17) is 32.9 Å². The number of benzene rings is 2. The highest BCUT2D eigenvalue weighted by atomic mass is 35.5. The van der Waals surface area contributed by atoms with Crippen LogP contribution in [0.25, 0.3) is 22.4 Å². The molecular formula is C39H42Cl2FN7O3. The van der Waals surface area contributed by atoms with Gasteiger partial charge in [-0.25, -0.2) is 14.4 Å². The van der Waals surface area contributed by atoms with Gasteiger partial charge in [-0.1, -0.05) is 59.6 Å². The third-order valence-corrected chi connectivity index (χ3v) is 11.2. The summed E-state index contributed by atoms with van der Waals surface area (Å²) in [7, 11) is 1.58. The second kappa shape index (κ2) is 15.8. The van der Waals surface area contributed by atoms with Gasteiger partial charge in [-0.2, -0.15) is 0 Å². The quantitative estimate of drug-likeness (QED) is 0.130. The number of hydrogen-bond donors (Lipinski definition) is 4. The largest absolute Gasteiger partial charge is 0.481 e. The molecule has 272 valence electrons. The molecule has 3 fully saturated rings.